The first-order chi connectivity index (χ1) is 13.8. The third-order valence-electron chi connectivity index (χ3n) is 4.84. The zero-order valence-electron chi connectivity index (χ0n) is 15.0. The normalized spacial score (nSPS) is 11.0. The van der Waals surface area contributed by atoms with Crippen molar-refractivity contribution in [2.75, 3.05) is 0 Å². The first-order valence-corrected chi connectivity index (χ1v) is 9.83. The topological polar surface area (TPSA) is 30.2 Å². The minimum Gasteiger partial charge on any atom is -0.236 e. The Hall–Kier alpha value is -3.24. The molecule has 2 heterocycles. The van der Waals surface area contributed by atoms with E-state index in [1.54, 1.807) is 0 Å². The molecule has 0 saturated carbocycles. The number of hydrogen-bond donors (Lipinski definition) is 0. The highest BCUT2D eigenvalue weighted by molar-refractivity contribution is 9.10. The summed E-state index contributed by atoms with van der Waals surface area (Å²) in [7, 11) is 0. The molecule has 0 saturated heterocycles. The van der Waals surface area contributed by atoms with Gasteiger partial charge in [-0.15, -0.1) is 0 Å². The van der Waals surface area contributed by atoms with Gasteiger partial charge in [-0.2, -0.15) is 5.10 Å². The van der Waals surface area contributed by atoms with Gasteiger partial charge >= 0.3 is 0 Å². The Bertz CT molecular complexity index is 1240. The second kappa shape index (κ2) is 7.06. The van der Waals surface area contributed by atoms with Gasteiger partial charge in [0.2, 0.25) is 0 Å². The molecule has 0 N–H and O–H groups in total. The van der Waals surface area contributed by atoms with Gasteiger partial charge in [-0.1, -0.05) is 82.7 Å². The highest BCUT2D eigenvalue weighted by atomic mass is 79.9. The molecule has 0 aliphatic carbocycles. The lowest BCUT2D eigenvalue weighted by molar-refractivity contribution is 0.948. The summed E-state index contributed by atoms with van der Waals surface area (Å²) in [5, 5.41) is 4.62. The Kier molecular flexibility index (Phi) is 4.26. The highest BCUT2D eigenvalue weighted by Gasteiger charge is 2.12. The van der Waals surface area contributed by atoms with E-state index in [1.165, 1.54) is 11.1 Å². The van der Waals surface area contributed by atoms with E-state index in [4.69, 9.17) is 0 Å². The van der Waals surface area contributed by atoms with Crippen LogP contribution >= 0.6 is 15.9 Å². The largest absolute Gasteiger partial charge is 0.236 e. The third-order valence-corrected chi connectivity index (χ3v) is 5.37. The summed E-state index contributed by atoms with van der Waals surface area (Å²) in [6.07, 6.45) is 3.73. The lowest BCUT2D eigenvalue weighted by Gasteiger charge is -2.07. The van der Waals surface area contributed by atoms with Gasteiger partial charge in [-0.3, -0.25) is 0 Å². The molecule has 134 valence electrons. The average Bonchev–Trinajstić information content (AvgIpc) is 3.19. The van der Waals surface area contributed by atoms with Crippen molar-refractivity contribution >= 4 is 21.6 Å². The predicted molar refractivity (Wildman–Crippen MR) is 117 cm³/mol. The van der Waals surface area contributed by atoms with E-state index in [1.807, 2.05) is 41.2 Å². The fourth-order valence-electron chi connectivity index (χ4n) is 3.41. The molecule has 3 nitrogen and oxygen atoms in total. The van der Waals surface area contributed by atoms with Crippen LogP contribution in [-0.2, 0) is 0 Å². The molecule has 0 bridgehead atoms. The van der Waals surface area contributed by atoms with Crippen LogP contribution in [0.2, 0.25) is 0 Å². The Morgan fingerprint density at radius 2 is 1.29 bits per heavy atom. The number of rotatable bonds is 3. The molecule has 2 aromatic heterocycles. The quantitative estimate of drug-likeness (QED) is 0.330. The number of benzene rings is 3. The molecular weight excluding hydrogens is 410 g/mol. The summed E-state index contributed by atoms with van der Waals surface area (Å²) in [6, 6.07) is 29.2. The summed E-state index contributed by atoms with van der Waals surface area (Å²) in [6.45, 7) is 0. The SMILES string of the molecule is Brc1ccc(-c2cnn3c(-c4ccc(-c5ccccc5)cc4)ccnc23)cc1. The van der Waals surface area contributed by atoms with Gasteiger partial charge in [0.15, 0.2) is 5.65 Å². The van der Waals surface area contributed by atoms with Gasteiger partial charge in [0.1, 0.15) is 0 Å². The average molecular weight is 426 g/mol. The first-order valence-electron chi connectivity index (χ1n) is 9.04. The van der Waals surface area contributed by atoms with E-state index in [2.05, 4.69) is 86.7 Å². The Labute approximate surface area is 171 Å². The van der Waals surface area contributed by atoms with Gasteiger partial charge in [-0.25, -0.2) is 9.50 Å². The van der Waals surface area contributed by atoms with Crippen molar-refractivity contribution in [1.29, 1.82) is 0 Å². The molecule has 4 heteroatoms. The zero-order valence-corrected chi connectivity index (χ0v) is 16.5. The van der Waals surface area contributed by atoms with E-state index in [0.29, 0.717) is 0 Å². The predicted octanol–water partition coefficient (Wildman–Crippen LogP) is 6.49. The molecule has 0 aliphatic heterocycles. The van der Waals surface area contributed by atoms with E-state index in [9.17, 15) is 0 Å². The summed E-state index contributed by atoms with van der Waals surface area (Å²) >= 11 is 3.49. The summed E-state index contributed by atoms with van der Waals surface area (Å²) in [5.41, 5.74) is 7.52. The van der Waals surface area contributed by atoms with Crippen molar-refractivity contribution in [3.05, 3.63) is 102 Å². The van der Waals surface area contributed by atoms with E-state index < -0.39 is 0 Å². The van der Waals surface area contributed by atoms with E-state index >= 15 is 0 Å². The van der Waals surface area contributed by atoms with Crippen molar-refractivity contribution in [3.63, 3.8) is 0 Å². The molecule has 3 aromatic carbocycles. The van der Waals surface area contributed by atoms with Crippen LogP contribution in [0.3, 0.4) is 0 Å². The first kappa shape index (κ1) is 16.9. The van der Waals surface area contributed by atoms with Crippen molar-refractivity contribution in [1.82, 2.24) is 14.6 Å². The molecule has 0 radical (unpaired) electrons. The maximum Gasteiger partial charge on any atom is 0.163 e. The fourth-order valence-corrected chi connectivity index (χ4v) is 3.67. The molecular formula is C24H16BrN3. The smallest absolute Gasteiger partial charge is 0.163 e. The number of fused-ring (bicyclic) bond motifs is 1. The number of halogens is 1. The van der Waals surface area contributed by atoms with Crippen molar-refractivity contribution in [2.45, 2.75) is 0 Å². The zero-order chi connectivity index (χ0) is 18.9. The Balaban J connectivity index is 1.57. The molecule has 0 fully saturated rings. The van der Waals surface area contributed by atoms with Crippen molar-refractivity contribution in [3.8, 4) is 33.5 Å². The summed E-state index contributed by atoms with van der Waals surface area (Å²) in [5.74, 6) is 0. The van der Waals surface area contributed by atoms with Gasteiger partial charge in [0, 0.05) is 21.8 Å². The van der Waals surface area contributed by atoms with Crippen LogP contribution < -0.4 is 0 Å². The Morgan fingerprint density at radius 1 is 0.643 bits per heavy atom. The van der Waals surface area contributed by atoms with Crippen LogP contribution in [0, 0.1) is 0 Å². The van der Waals surface area contributed by atoms with Gasteiger partial charge in [0.05, 0.1) is 11.9 Å². The van der Waals surface area contributed by atoms with Gasteiger partial charge < -0.3 is 0 Å². The van der Waals surface area contributed by atoms with Crippen molar-refractivity contribution in [2.24, 2.45) is 0 Å². The van der Waals surface area contributed by atoms with Gasteiger partial charge in [0.25, 0.3) is 0 Å². The maximum atomic E-state index is 4.62. The number of nitrogens with zero attached hydrogens (tertiary/aromatic N) is 3. The monoisotopic (exact) mass is 425 g/mol. The van der Waals surface area contributed by atoms with Gasteiger partial charge in [-0.05, 0) is 34.9 Å². The van der Waals surface area contributed by atoms with Crippen LogP contribution in [0.25, 0.3) is 39.2 Å². The minimum absolute atomic E-state index is 0.854. The van der Waals surface area contributed by atoms with E-state index in [0.717, 1.165) is 32.5 Å². The third kappa shape index (κ3) is 3.02. The lowest BCUT2D eigenvalue weighted by atomic mass is 10.0. The minimum atomic E-state index is 0.854. The number of aromatic nitrogens is 3. The van der Waals surface area contributed by atoms with Crippen LogP contribution in [0.5, 0.6) is 0 Å². The molecule has 0 aliphatic rings. The molecule has 28 heavy (non-hydrogen) atoms. The molecule has 0 spiro atoms. The summed E-state index contributed by atoms with van der Waals surface area (Å²) in [4.78, 5) is 4.58. The maximum absolute atomic E-state index is 4.62. The molecule has 5 aromatic rings. The second-order valence-corrected chi connectivity index (χ2v) is 7.49. The van der Waals surface area contributed by atoms with Crippen LogP contribution in [0.15, 0.2) is 102 Å². The molecule has 0 unspecified atom stereocenters. The standard InChI is InChI=1S/C24H16BrN3/c25-21-12-10-19(11-13-21)22-16-27-28-23(14-15-26-24(22)28)20-8-6-18(7-9-20)17-4-2-1-3-5-17/h1-16H. The van der Waals surface area contributed by atoms with Crippen LogP contribution in [0.1, 0.15) is 0 Å². The summed E-state index contributed by atoms with van der Waals surface area (Å²) < 4.78 is 2.97. The number of hydrogen-bond acceptors (Lipinski definition) is 2. The second-order valence-electron chi connectivity index (χ2n) is 6.57. The van der Waals surface area contributed by atoms with Crippen LogP contribution in [-0.4, -0.2) is 14.6 Å². The lowest BCUT2D eigenvalue weighted by Crippen LogP contribution is -1.95. The van der Waals surface area contributed by atoms with E-state index in [-0.39, 0.29) is 0 Å². The van der Waals surface area contributed by atoms with Crippen molar-refractivity contribution < 1.29 is 0 Å². The van der Waals surface area contributed by atoms with Crippen LogP contribution in [0.4, 0.5) is 0 Å². The molecule has 5 rings (SSSR count). The fraction of sp³-hybridized carbons (Fsp3) is 0. The molecule has 0 amide bonds. The highest BCUT2D eigenvalue weighted by Crippen LogP contribution is 2.29. The molecule has 0 atom stereocenters. The Morgan fingerprint density at radius 3 is 2.04 bits per heavy atom.